The topological polar surface area (TPSA) is 90.9 Å². The molecule has 0 aliphatic rings. The summed E-state index contributed by atoms with van der Waals surface area (Å²) in [6.45, 7) is 2.53. The molecular weight excluding hydrogens is 258 g/mol. The van der Waals surface area contributed by atoms with Crippen LogP contribution in [0.25, 0.3) is 11.0 Å². The number of hydrogen-bond acceptors (Lipinski definition) is 4. The second-order valence-corrected chi connectivity index (χ2v) is 4.55. The predicted molar refractivity (Wildman–Crippen MR) is 76.0 cm³/mol. The lowest BCUT2D eigenvalue weighted by Crippen LogP contribution is -2.28. The summed E-state index contributed by atoms with van der Waals surface area (Å²) in [6.07, 6.45) is 1.65. The van der Waals surface area contributed by atoms with Crippen LogP contribution in [0.15, 0.2) is 44.5 Å². The third-order valence-electron chi connectivity index (χ3n) is 3.14. The van der Waals surface area contributed by atoms with Gasteiger partial charge in [0.2, 0.25) is 0 Å². The quantitative estimate of drug-likeness (QED) is 0.633. The number of benzene rings is 1. The highest BCUT2D eigenvalue weighted by atomic mass is 16.3. The standard InChI is InChI=1S/C14H13N3O3/c1-8-4-5-20-12(8)7-15-9-2-3-10-11(6-9)17-14(19)13(18)16-10/h2-6,15H,7H2,1H3,(H,16,18)(H,17,19). The number of H-pyrrole nitrogens is 2. The number of nitrogens with one attached hydrogen (secondary N) is 3. The third kappa shape index (κ3) is 2.23. The van der Waals surface area contributed by atoms with Crippen LogP contribution < -0.4 is 16.4 Å². The van der Waals surface area contributed by atoms with Crippen molar-refractivity contribution in [1.82, 2.24) is 9.97 Å². The number of furan rings is 1. The minimum absolute atomic E-state index is 0.553. The van der Waals surface area contributed by atoms with E-state index in [-0.39, 0.29) is 0 Å². The van der Waals surface area contributed by atoms with Gasteiger partial charge in [-0.1, -0.05) is 0 Å². The van der Waals surface area contributed by atoms with Gasteiger partial charge in [0, 0.05) is 5.69 Å². The first-order valence-corrected chi connectivity index (χ1v) is 6.17. The van der Waals surface area contributed by atoms with Crippen molar-refractivity contribution in [1.29, 1.82) is 0 Å². The molecule has 0 bridgehead atoms. The number of fused-ring (bicyclic) bond motifs is 1. The van der Waals surface area contributed by atoms with Gasteiger partial charge in [-0.25, -0.2) is 0 Å². The fourth-order valence-corrected chi connectivity index (χ4v) is 1.99. The second kappa shape index (κ2) is 4.73. The van der Waals surface area contributed by atoms with Gasteiger partial charge in [-0.3, -0.25) is 9.59 Å². The third-order valence-corrected chi connectivity index (χ3v) is 3.14. The van der Waals surface area contributed by atoms with E-state index in [1.165, 1.54) is 0 Å². The first kappa shape index (κ1) is 12.3. The predicted octanol–water partition coefficient (Wildman–Crippen LogP) is 1.73. The lowest BCUT2D eigenvalue weighted by molar-refractivity contribution is 0.515. The molecule has 20 heavy (non-hydrogen) atoms. The van der Waals surface area contributed by atoms with Crippen LogP contribution in [0.3, 0.4) is 0 Å². The zero-order valence-electron chi connectivity index (χ0n) is 10.8. The molecule has 0 fully saturated rings. The van der Waals surface area contributed by atoms with E-state index in [1.54, 1.807) is 18.4 Å². The molecule has 3 N–H and O–H groups in total. The second-order valence-electron chi connectivity index (χ2n) is 4.55. The van der Waals surface area contributed by atoms with Crippen molar-refractivity contribution >= 4 is 16.7 Å². The Balaban J connectivity index is 1.89. The molecule has 0 aliphatic heterocycles. The van der Waals surface area contributed by atoms with Gasteiger partial charge in [-0.2, -0.15) is 0 Å². The Morgan fingerprint density at radius 1 is 1.10 bits per heavy atom. The average molecular weight is 271 g/mol. The maximum atomic E-state index is 11.3. The molecule has 2 aromatic heterocycles. The van der Waals surface area contributed by atoms with Gasteiger partial charge in [-0.15, -0.1) is 0 Å². The molecule has 1 aromatic carbocycles. The maximum Gasteiger partial charge on any atom is 0.314 e. The average Bonchev–Trinajstić information content (AvgIpc) is 2.83. The van der Waals surface area contributed by atoms with E-state index >= 15 is 0 Å². The van der Waals surface area contributed by atoms with E-state index in [0.717, 1.165) is 17.0 Å². The molecule has 102 valence electrons. The minimum atomic E-state index is -0.656. The first-order valence-electron chi connectivity index (χ1n) is 6.17. The van der Waals surface area contributed by atoms with E-state index in [9.17, 15) is 9.59 Å². The van der Waals surface area contributed by atoms with Crippen molar-refractivity contribution in [2.75, 3.05) is 5.32 Å². The highest BCUT2D eigenvalue weighted by Gasteiger charge is 2.03. The summed E-state index contributed by atoms with van der Waals surface area (Å²) in [7, 11) is 0. The van der Waals surface area contributed by atoms with Gasteiger partial charge < -0.3 is 19.7 Å². The highest BCUT2D eigenvalue weighted by molar-refractivity contribution is 5.78. The van der Waals surface area contributed by atoms with Crippen LogP contribution in [0.1, 0.15) is 11.3 Å². The zero-order valence-corrected chi connectivity index (χ0v) is 10.8. The molecule has 6 nitrogen and oxygen atoms in total. The Bertz CT molecular complexity index is 873. The smallest absolute Gasteiger partial charge is 0.314 e. The Morgan fingerprint density at radius 3 is 2.55 bits per heavy atom. The van der Waals surface area contributed by atoms with E-state index in [2.05, 4.69) is 15.3 Å². The van der Waals surface area contributed by atoms with E-state index < -0.39 is 11.1 Å². The summed E-state index contributed by atoms with van der Waals surface area (Å²) in [5.41, 5.74) is 1.78. The summed E-state index contributed by atoms with van der Waals surface area (Å²) in [4.78, 5) is 27.6. The lowest BCUT2D eigenvalue weighted by atomic mass is 10.2. The summed E-state index contributed by atoms with van der Waals surface area (Å²) < 4.78 is 5.34. The van der Waals surface area contributed by atoms with Crippen molar-refractivity contribution < 1.29 is 4.42 Å². The summed E-state index contributed by atoms with van der Waals surface area (Å²) in [6, 6.07) is 7.24. The molecule has 0 radical (unpaired) electrons. The van der Waals surface area contributed by atoms with Crippen LogP contribution in [0.2, 0.25) is 0 Å². The lowest BCUT2D eigenvalue weighted by Gasteiger charge is -2.06. The monoisotopic (exact) mass is 271 g/mol. The fraction of sp³-hybridized carbons (Fsp3) is 0.143. The number of anilines is 1. The SMILES string of the molecule is Cc1ccoc1CNc1ccc2[nH]c(=O)c(=O)[nH]c2c1. The normalized spacial score (nSPS) is 10.8. The summed E-state index contributed by atoms with van der Waals surface area (Å²) in [5.74, 6) is 0.861. The van der Waals surface area contributed by atoms with Gasteiger partial charge in [0.1, 0.15) is 5.76 Å². The van der Waals surface area contributed by atoms with Gasteiger partial charge in [0.05, 0.1) is 23.8 Å². The van der Waals surface area contributed by atoms with Crippen molar-refractivity contribution in [3.8, 4) is 0 Å². The summed E-state index contributed by atoms with van der Waals surface area (Å²) >= 11 is 0. The highest BCUT2D eigenvalue weighted by Crippen LogP contribution is 2.16. The van der Waals surface area contributed by atoms with Crippen LogP contribution in [-0.2, 0) is 6.54 Å². The molecule has 3 aromatic rings. The Hall–Kier alpha value is -2.76. The summed E-state index contributed by atoms with van der Waals surface area (Å²) in [5, 5.41) is 3.21. The molecule has 0 saturated heterocycles. The first-order chi connectivity index (χ1) is 9.63. The molecule has 0 saturated carbocycles. The van der Waals surface area contributed by atoms with Crippen LogP contribution in [0.4, 0.5) is 5.69 Å². The molecule has 6 heteroatoms. The van der Waals surface area contributed by atoms with E-state index in [0.29, 0.717) is 17.6 Å². The zero-order chi connectivity index (χ0) is 14.1. The van der Waals surface area contributed by atoms with E-state index in [1.807, 2.05) is 19.1 Å². The van der Waals surface area contributed by atoms with Crippen molar-refractivity contribution in [2.45, 2.75) is 13.5 Å². The van der Waals surface area contributed by atoms with Crippen LogP contribution >= 0.6 is 0 Å². The van der Waals surface area contributed by atoms with Gasteiger partial charge in [-0.05, 0) is 36.8 Å². The Kier molecular flexibility index (Phi) is 2.90. The van der Waals surface area contributed by atoms with Crippen LogP contribution in [0.5, 0.6) is 0 Å². The maximum absolute atomic E-state index is 11.3. The van der Waals surface area contributed by atoms with E-state index in [4.69, 9.17) is 4.42 Å². The fourth-order valence-electron chi connectivity index (χ4n) is 1.99. The molecule has 0 unspecified atom stereocenters. The molecule has 0 amide bonds. The van der Waals surface area contributed by atoms with Crippen molar-refractivity contribution in [3.05, 3.63) is 62.6 Å². The van der Waals surface area contributed by atoms with Crippen molar-refractivity contribution in [2.24, 2.45) is 0 Å². The van der Waals surface area contributed by atoms with Gasteiger partial charge in [0.15, 0.2) is 0 Å². The number of aryl methyl sites for hydroxylation is 1. The van der Waals surface area contributed by atoms with Gasteiger partial charge in [0.25, 0.3) is 0 Å². The van der Waals surface area contributed by atoms with Gasteiger partial charge >= 0.3 is 11.1 Å². The molecule has 2 heterocycles. The molecule has 0 atom stereocenters. The Labute approximate surface area is 113 Å². The molecule has 3 rings (SSSR count). The van der Waals surface area contributed by atoms with Crippen LogP contribution in [-0.4, -0.2) is 9.97 Å². The van der Waals surface area contributed by atoms with Crippen molar-refractivity contribution in [3.63, 3.8) is 0 Å². The number of rotatable bonds is 3. The molecular formula is C14H13N3O3. The molecule has 0 aliphatic carbocycles. The largest absolute Gasteiger partial charge is 0.467 e. The number of aromatic amines is 2. The number of aromatic nitrogens is 2. The Morgan fingerprint density at radius 2 is 1.85 bits per heavy atom. The number of hydrogen-bond donors (Lipinski definition) is 3. The minimum Gasteiger partial charge on any atom is -0.467 e. The molecule has 0 spiro atoms. The van der Waals surface area contributed by atoms with Crippen LogP contribution in [0, 0.1) is 6.92 Å².